The van der Waals surface area contributed by atoms with Gasteiger partial charge in [-0.05, 0) is 116 Å². The zero-order valence-corrected chi connectivity index (χ0v) is 30.8. The van der Waals surface area contributed by atoms with Gasteiger partial charge < -0.3 is 34.9 Å². The van der Waals surface area contributed by atoms with Crippen molar-refractivity contribution in [2.24, 2.45) is 50.6 Å². The van der Waals surface area contributed by atoms with Crippen LogP contribution in [0.3, 0.4) is 0 Å². The van der Waals surface area contributed by atoms with Gasteiger partial charge in [0.1, 0.15) is 0 Å². The molecule has 7 aliphatic rings. The first-order valence-corrected chi connectivity index (χ1v) is 19.5. The first-order valence-electron chi connectivity index (χ1n) is 19.5. The van der Waals surface area contributed by atoms with E-state index in [0.717, 1.165) is 58.6 Å². The molecule has 5 saturated carbocycles. The van der Waals surface area contributed by atoms with Gasteiger partial charge in [0.15, 0.2) is 6.29 Å². The van der Waals surface area contributed by atoms with E-state index < -0.39 is 11.6 Å². The molecule has 12 atom stereocenters. The van der Waals surface area contributed by atoms with Gasteiger partial charge in [-0.2, -0.15) is 0 Å². The standard InChI is InChI=1S/C39H68N2O6/c1-8-39(43,9-2)33(40)27(44-7)11-10-25-20-30(42)36(6)29-13-12-28-34(3,4)31(47-32-21-41(18-19-46-32)26-22-45-23-26)14-15-37(28)24-38(29,37)17-16-35(25,36)5/h25-33,42-43H,8-24,40H2,1-7H3/t25-,27?,28?,29?,30-,31-,32?,33-,35+,36+,37+,38?/m0/s1. The Morgan fingerprint density at radius 2 is 1.70 bits per heavy atom. The number of methoxy groups -OCH3 is 1. The van der Waals surface area contributed by atoms with Crippen LogP contribution < -0.4 is 5.73 Å². The molecule has 2 spiro atoms. The highest BCUT2D eigenvalue weighted by Gasteiger charge is 2.83. The number of ether oxygens (including phenoxy) is 4. The van der Waals surface area contributed by atoms with Crippen LogP contribution in [0.1, 0.15) is 119 Å². The number of hydrogen-bond acceptors (Lipinski definition) is 8. The predicted octanol–water partition coefficient (Wildman–Crippen LogP) is 5.51. The normalized spacial score (nSPS) is 47.6. The fourth-order valence-corrected chi connectivity index (χ4v) is 13.7. The highest BCUT2D eigenvalue weighted by atomic mass is 16.7. The van der Waals surface area contributed by atoms with Crippen LogP contribution in [0.2, 0.25) is 0 Å². The summed E-state index contributed by atoms with van der Waals surface area (Å²) in [6.45, 7) is 18.3. The Morgan fingerprint density at radius 1 is 1.00 bits per heavy atom. The second-order valence-electron chi connectivity index (χ2n) is 18.5. The fourth-order valence-electron chi connectivity index (χ4n) is 13.7. The summed E-state index contributed by atoms with van der Waals surface area (Å²) in [7, 11) is 1.74. The van der Waals surface area contributed by atoms with Gasteiger partial charge in [0.25, 0.3) is 0 Å². The predicted molar refractivity (Wildman–Crippen MR) is 183 cm³/mol. The monoisotopic (exact) mass is 661 g/mol. The van der Waals surface area contributed by atoms with Crippen molar-refractivity contribution in [3.05, 3.63) is 0 Å². The number of aliphatic hydroxyl groups is 2. The summed E-state index contributed by atoms with van der Waals surface area (Å²) in [5, 5.41) is 23.3. The Kier molecular flexibility index (Phi) is 9.06. The fraction of sp³-hybridized carbons (Fsp3) is 1.00. The minimum Gasteiger partial charge on any atom is -0.393 e. The molecule has 5 unspecified atom stereocenters. The van der Waals surface area contributed by atoms with E-state index in [1.54, 1.807) is 7.11 Å². The van der Waals surface area contributed by atoms with Crippen LogP contribution >= 0.6 is 0 Å². The molecule has 47 heavy (non-hydrogen) atoms. The Balaban J connectivity index is 1.05. The molecular weight excluding hydrogens is 592 g/mol. The molecule has 7 fully saturated rings. The molecule has 0 aromatic carbocycles. The quantitative estimate of drug-likeness (QED) is 0.267. The number of fused-ring (bicyclic) bond motifs is 2. The molecule has 0 aromatic heterocycles. The Labute approximate surface area is 285 Å². The number of hydrogen-bond donors (Lipinski definition) is 3. The van der Waals surface area contributed by atoms with E-state index in [0.29, 0.717) is 47.5 Å². The molecule has 0 amide bonds. The number of morpholine rings is 1. The molecule has 8 heteroatoms. The average molecular weight is 661 g/mol. The summed E-state index contributed by atoms with van der Waals surface area (Å²) in [4.78, 5) is 2.51. The van der Waals surface area contributed by atoms with Crippen molar-refractivity contribution in [1.29, 1.82) is 0 Å². The van der Waals surface area contributed by atoms with Gasteiger partial charge in [-0.1, -0.05) is 41.5 Å². The summed E-state index contributed by atoms with van der Waals surface area (Å²) < 4.78 is 24.5. The zero-order chi connectivity index (χ0) is 33.6. The molecule has 7 rings (SSSR count). The van der Waals surface area contributed by atoms with E-state index in [1.165, 1.54) is 38.5 Å². The second-order valence-corrected chi connectivity index (χ2v) is 18.5. The number of nitrogens with zero attached hydrogens (tertiary/aromatic N) is 1. The molecule has 0 aromatic rings. The lowest BCUT2D eigenvalue weighted by Crippen LogP contribution is -2.60. The molecule has 2 aliphatic heterocycles. The topological polar surface area (TPSA) is 107 Å². The van der Waals surface area contributed by atoms with E-state index in [4.69, 9.17) is 24.7 Å². The van der Waals surface area contributed by atoms with Crippen LogP contribution in [0, 0.1) is 44.8 Å². The average Bonchev–Trinajstić information content (AvgIpc) is 3.65. The first-order chi connectivity index (χ1) is 22.3. The number of nitrogens with two attached hydrogens (primary N) is 1. The third-order valence-electron chi connectivity index (χ3n) is 17.2. The number of aliphatic hydroxyl groups excluding tert-OH is 1. The van der Waals surface area contributed by atoms with Crippen molar-refractivity contribution in [3.8, 4) is 0 Å². The van der Waals surface area contributed by atoms with E-state index in [-0.39, 0.29) is 40.8 Å². The Morgan fingerprint density at radius 3 is 2.36 bits per heavy atom. The summed E-state index contributed by atoms with van der Waals surface area (Å²) in [6.07, 6.45) is 12.3. The Bertz CT molecular complexity index is 1140. The molecule has 0 bridgehead atoms. The largest absolute Gasteiger partial charge is 0.393 e. The third-order valence-corrected chi connectivity index (χ3v) is 17.2. The molecule has 5 aliphatic carbocycles. The molecule has 2 heterocycles. The van der Waals surface area contributed by atoms with E-state index >= 15 is 0 Å². The van der Waals surface area contributed by atoms with Crippen molar-refractivity contribution in [1.82, 2.24) is 4.90 Å². The van der Waals surface area contributed by atoms with Gasteiger partial charge >= 0.3 is 0 Å². The lowest BCUT2D eigenvalue weighted by atomic mass is 9.41. The maximum atomic E-state index is 12.1. The van der Waals surface area contributed by atoms with Crippen LogP contribution in [0.25, 0.3) is 0 Å². The maximum absolute atomic E-state index is 12.1. The SMILES string of the molecule is CCC(O)(CC)[C@@H](N)C(CC[C@H]1C[C@H](O)[C@@]2(C)C3CCC4C(C)(C)[C@@H](OC5CN(C6COC6)CCO5)CC[C@@]45CC35CC[C@]12C)OC. The summed E-state index contributed by atoms with van der Waals surface area (Å²) in [6, 6.07) is 0.117. The van der Waals surface area contributed by atoms with Crippen molar-refractivity contribution in [3.63, 3.8) is 0 Å². The molecule has 2 saturated heterocycles. The minimum atomic E-state index is -0.905. The van der Waals surface area contributed by atoms with Gasteiger partial charge in [0.2, 0.25) is 0 Å². The van der Waals surface area contributed by atoms with Crippen molar-refractivity contribution in [2.45, 2.75) is 161 Å². The van der Waals surface area contributed by atoms with E-state index in [1.807, 2.05) is 13.8 Å². The third kappa shape index (κ3) is 4.95. The van der Waals surface area contributed by atoms with Gasteiger partial charge in [0, 0.05) is 19.1 Å². The first kappa shape index (κ1) is 35.1. The lowest BCUT2D eigenvalue weighted by molar-refractivity contribution is -0.256. The van der Waals surface area contributed by atoms with Crippen LogP contribution in [-0.4, -0.2) is 97.4 Å². The summed E-state index contributed by atoms with van der Waals surface area (Å²) in [5.74, 6) is 1.67. The van der Waals surface area contributed by atoms with Gasteiger partial charge in [-0.3, -0.25) is 4.90 Å². The molecule has 270 valence electrons. The summed E-state index contributed by atoms with van der Waals surface area (Å²) in [5.41, 5.74) is 6.63. The van der Waals surface area contributed by atoms with E-state index in [2.05, 4.69) is 32.6 Å². The molecule has 8 nitrogen and oxygen atoms in total. The van der Waals surface area contributed by atoms with Crippen LogP contribution in [0.15, 0.2) is 0 Å². The maximum Gasteiger partial charge on any atom is 0.170 e. The summed E-state index contributed by atoms with van der Waals surface area (Å²) >= 11 is 0. The second kappa shape index (κ2) is 12.1. The minimum absolute atomic E-state index is 0.0786. The van der Waals surface area contributed by atoms with Gasteiger partial charge in [0.05, 0.1) is 62.4 Å². The van der Waals surface area contributed by atoms with Crippen LogP contribution in [-0.2, 0) is 18.9 Å². The van der Waals surface area contributed by atoms with Crippen molar-refractivity contribution in [2.75, 3.05) is 40.0 Å². The van der Waals surface area contributed by atoms with Crippen LogP contribution in [0.5, 0.6) is 0 Å². The van der Waals surface area contributed by atoms with Crippen LogP contribution in [0.4, 0.5) is 0 Å². The molecular formula is C39H68N2O6. The van der Waals surface area contributed by atoms with Gasteiger partial charge in [-0.15, -0.1) is 0 Å². The van der Waals surface area contributed by atoms with E-state index in [9.17, 15) is 10.2 Å². The zero-order valence-electron chi connectivity index (χ0n) is 30.8. The molecule has 0 radical (unpaired) electrons. The highest BCUT2D eigenvalue weighted by molar-refractivity contribution is 5.31. The van der Waals surface area contributed by atoms with Crippen molar-refractivity contribution < 1.29 is 29.2 Å². The van der Waals surface area contributed by atoms with Gasteiger partial charge in [-0.25, -0.2) is 0 Å². The molecule has 4 N–H and O–H groups in total. The van der Waals surface area contributed by atoms with Crippen molar-refractivity contribution >= 4 is 0 Å². The number of rotatable bonds is 11. The Hall–Kier alpha value is -0.320. The highest BCUT2D eigenvalue weighted by Crippen LogP contribution is 2.89. The lowest BCUT2D eigenvalue weighted by Gasteiger charge is -2.63. The smallest absolute Gasteiger partial charge is 0.170 e.